The molecule has 1 N–H and O–H groups in total. The summed E-state index contributed by atoms with van der Waals surface area (Å²) in [5.41, 5.74) is 0.608. The second kappa shape index (κ2) is 13.1. The van der Waals surface area contributed by atoms with Crippen molar-refractivity contribution in [3.05, 3.63) is 93.0 Å². The highest BCUT2D eigenvalue weighted by molar-refractivity contribution is 14.1. The molecule has 0 bridgehead atoms. The maximum absolute atomic E-state index is 14.0. The summed E-state index contributed by atoms with van der Waals surface area (Å²) in [6.45, 7) is 7.06. The lowest BCUT2D eigenvalue weighted by Gasteiger charge is -2.34. The smallest absolute Gasteiger partial charge is 0.264 e. The Morgan fingerprint density at radius 2 is 1.54 bits per heavy atom. The molecule has 39 heavy (non-hydrogen) atoms. The maximum Gasteiger partial charge on any atom is 0.264 e. The monoisotopic (exact) mass is 681 g/mol. The minimum absolute atomic E-state index is 0.0677. The van der Waals surface area contributed by atoms with Gasteiger partial charge in [-0.05, 0) is 104 Å². The van der Waals surface area contributed by atoms with E-state index in [-0.39, 0.29) is 17.3 Å². The number of carbonyl (C=O) groups is 2. The van der Waals surface area contributed by atoms with Crippen LogP contribution in [0, 0.1) is 3.57 Å². The zero-order chi connectivity index (χ0) is 28.8. The third kappa shape index (κ3) is 8.43. The van der Waals surface area contributed by atoms with Crippen molar-refractivity contribution in [3.8, 4) is 0 Å². The van der Waals surface area contributed by atoms with E-state index in [4.69, 9.17) is 11.6 Å². The van der Waals surface area contributed by atoms with Gasteiger partial charge in [0.25, 0.3) is 10.0 Å². The van der Waals surface area contributed by atoms with Crippen LogP contribution >= 0.6 is 34.2 Å². The lowest BCUT2D eigenvalue weighted by Crippen LogP contribution is -2.55. The molecule has 10 heteroatoms. The highest BCUT2D eigenvalue weighted by Gasteiger charge is 2.34. The van der Waals surface area contributed by atoms with Crippen LogP contribution in [-0.4, -0.2) is 43.3 Å². The van der Waals surface area contributed by atoms with Gasteiger partial charge in [0.2, 0.25) is 11.8 Å². The number of carbonyl (C=O) groups excluding carboxylic acids is 2. The van der Waals surface area contributed by atoms with Crippen LogP contribution < -0.4 is 9.62 Å². The second-order valence-corrected chi connectivity index (χ2v) is 13.7. The molecule has 0 aliphatic heterocycles. The lowest BCUT2D eigenvalue weighted by atomic mass is 10.1. The van der Waals surface area contributed by atoms with E-state index in [9.17, 15) is 18.0 Å². The van der Waals surface area contributed by atoms with E-state index in [1.807, 2.05) is 27.7 Å². The molecule has 0 aliphatic rings. The van der Waals surface area contributed by atoms with Crippen LogP contribution in [0.15, 0.2) is 83.8 Å². The van der Waals surface area contributed by atoms with Crippen LogP contribution in [0.4, 0.5) is 5.69 Å². The van der Waals surface area contributed by atoms with Crippen molar-refractivity contribution in [2.24, 2.45) is 0 Å². The Balaban J connectivity index is 2.05. The minimum Gasteiger partial charge on any atom is -0.350 e. The maximum atomic E-state index is 14.0. The third-order valence-corrected chi connectivity index (χ3v) is 8.63. The van der Waals surface area contributed by atoms with Gasteiger partial charge in [0.05, 0.1) is 10.6 Å². The van der Waals surface area contributed by atoms with E-state index >= 15 is 0 Å². The van der Waals surface area contributed by atoms with Gasteiger partial charge < -0.3 is 10.2 Å². The van der Waals surface area contributed by atoms with Crippen LogP contribution in [-0.2, 0) is 26.2 Å². The fourth-order valence-electron chi connectivity index (χ4n) is 4.01. The zero-order valence-corrected chi connectivity index (χ0v) is 26.1. The Labute approximate surface area is 249 Å². The van der Waals surface area contributed by atoms with Crippen molar-refractivity contribution in [3.63, 3.8) is 0 Å². The molecule has 0 radical (unpaired) electrons. The van der Waals surface area contributed by atoms with Crippen molar-refractivity contribution in [2.75, 3.05) is 10.8 Å². The molecule has 3 aromatic carbocycles. The summed E-state index contributed by atoms with van der Waals surface area (Å²) in [7, 11) is -4.09. The van der Waals surface area contributed by atoms with Gasteiger partial charge in [0.15, 0.2) is 0 Å². The third-order valence-electron chi connectivity index (χ3n) is 5.87. The SMILES string of the molecule is CCC(C(=O)NC(C)(C)C)N(Cc1ccc(Cl)cc1)C(=O)CN(c1ccc(I)cc1)S(=O)(=O)c1ccccc1. The molecule has 0 aliphatic carbocycles. The van der Waals surface area contributed by atoms with Crippen molar-refractivity contribution in [2.45, 2.75) is 57.1 Å². The van der Waals surface area contributed by atoms with Gasteiger partial charge in [0.1, 0.15) is 12.6 Å². The predicted molar refractivity (Wildman–Crippen MR) is 164 cm³/mol. The van der Waals surface area contributed by atoms with Gasteiger partial charge in [-0.25, -0.2) is 8.42 Å². The van der Waals surface area contributed by atoms with Gasteiger partial charge in [0, 0.05) is 20.7 Å². The Morgan fingerprint density at radius 3 is 2.08 bits per heavy atom. The van der Waals surface area contributed by atoms with Crippen LogP contribution in [0.1, 0.15) is 39.7 Å². The van der Waals surface area contributed by atoms with Gasteiger partial charge in [-0.1, -0.05) is 48.9 Å². The summed E-state index contributed by atoms with van der Waals surface area (Å²) in [4.78, 5) is 28.9. The standard InChI is InChI=1S/C29H33ClIN3O4S/c1-5-26(28(36)32-29(2,3)4)33(19-21-11-13-22(30)14-12-21)27(35)20-34(24-17-15-23(31)16-18-24)39(37,38)25-9-7-6-8-10-25/h6-18,26H,5,19-20H2,1-4H3,(H,32,36). The summed E-state index contributed by atoms with van der Waals surface area (Å²) in [5.74, 6) is -0.807. The number of hydrogen-bond donors (Lipinski definition) is 1. The van der Waals surface area contributed by atoms with Crippen LogP contribution in [0.25, 0.3) is 0 Å². The molecule has 1 atom stereocenters. The molecule has 1 unspecified atom stereocenters. The Kier molecular flexibility index (Phi) is 10.4. The molecule has 0 spiro atoms. The molecule has 0 saturated heterocycles. The molecule has 7 nitrogen and oxygen atoms in total. The number of hydrogen-bond acceptors (Lipinski definition) is 4. The summed E-state index contributed by atoms with van der Waals surface area (Å²) in [6.07, 6.45) is 0.343. The summed E-state index contributed by atoms with van der Waals surface area (Å²) in [6, 6.07) is 21.1. The van der Waals surface area contributed by atoms with Crippen molar-refractivity contribution < 1.29 is 18.0 Å². The molecule has 3 rings (SSSR count). The second-order valence-electron chi connectivity index (χ2n) is 10.1. The van der Waals surface area contributed by atoms with Crippen molar-refractivity contribution in [1.29, 1.82) is 0 Å². The quantitative estimate of drug-likeness (QED) is 0.272. The minimum atomic E-state index is -4.09. The molecule has 0 heterocycles. The first-order valence-electron chi connectivity index (χ1n) is 12.5. The number of halogens is 2. The van der Waals surface area contributed by atoms with Crippen LogP contribution in [0.5, 0.6) is 0 Å². The largest absolute Gasteiger partial charge is 0.350 e. The van der Waals surface area contributed by atoms with Gasteiger partial charge in [-0.15, -0.1) is 0 Å². The molecule has 208 valence electrons. The highest BCUT2D eigenvalue weighted by atomic mass is 127. The summed E-state index contributed by atoms with van der Waals surface area (Å²) < 4.78 is 29.6. The fraction of sp³-hybridized carbons (Fsp3) is 0.310. The predicted octanol–water partition coefficient (Wildman–Crippen LogP) is 5.86. The molecule has 0 aromatic heterocycles. The van der Waals surface area contributed by atoms with Crippen molar-refractivity contribution in [1.82, 2.24) is 10.2 Å². The first kappa shape index (κ1) is 30.9. The van der Waals surface area contributed by atoms with Gasteiger partial charge >= 0.3 is 0 Å². The lowest BCUT2D eigenvalue weighted by molar-refractivity contribution is -0.141. The number of nitrogens with one attached hydrogen (secondary N) is 1. The number of rotatable bonds is 10. The number of sulfonamides is 1. The van der Waals surface area contributed by atoms with Crippen LogP contribution in [0.2, 0.25) is 5.02 Å². The average Bonchev–Trinajstić information content (AvgIpc) is 2.88. The first-order valence-corrected chi connectivity index (χ1v) is 15.4. The van der Waals surface area contributed by atoms with E-state index in [2.05, 4.69) is 27.9 Å². The molecular formula is C29H33ClIN3O4S. The Hall–Kier alpha value is -2.63. The number of anilines is 1. The normalized spacial score (nSPS) is 12.5. The van der Waals surface area contributed by atoms with E-state index < -0.39 is 34.1 Å². The molecule has 0 fully saturated rings. The topological polar surface area (TPSA) is 86.8 Å². The van der Waals surface area contributed by atoms with Gasteiger partial charge in [-0.2, -0.15) is 0 Å². The zero-order valence-electron chi connectivity index (χ0n) is 22.4. The molecule has 2 amide bonds. The Bertz CT molecular complexity index is 1380. The molecule has 0 saturated carbocycles. The van der Waals surface area contributed by atoms with Crippen molar-refractivity contribution >= 4 is 61.7 Å². The Morgan fingerprint density at radius 1 is 0.949 bits per heavy atom. The molecular weight excluding hydrogens is 649 g/mol. The summed E-state index contributed by atoms with van der Waals surface area (Å²) >= 11 is 8.20. The first-order chi connectivity index (χ1) is 18.3. The summed E-state index contributed by atoms with van der Waals surface area (Å²) in [5, 5.41) is 3.51. The molecule has 3 aromatic rings. The average molecular weight is 682 g/mol. The van der Waals surface area contributed by atoms with E-state index in [1.54, 1.807) is 66.7 Å². The van der Waals surface area contributed by atoms with Crippen LogP contribution in [0.3, 0.4) is 0 Å². The van der Waals surface area contributed by atoms with Gasteiger partial charge in [-0.3, -0.25) is 13.9 Å². The van der Waals surface area contributed by atoms with E-state index in [1.165, 1.54) is 17.0 Å². The number of nitrogens with zero attached hydrogens (tertiary/aromatic N) is 2. The van der Waals surface area contributed by atoms with E-state index in [0.717, 1.165) is 13.4 Å². The fourth-order valence-corrected chi connectivity index (χ4v) is 5.94. The number of benzene rings is 3. The van der Waals surface area contributed by atoms with E-state index in [0.29, 0.717) is 17.1 Å². The highest BCUT2D eigenvalue weighted by Crippen LogP contribution is 2.26. The number of amides is 2.